The summed E-state index contributed by atoms with van der Waals surface area (Å²) in [5.74, 6) is 0. The number of allylic oxidation sites excluding steroid dienone is 1. The van der Waals surface area contributed by atoms with Gasteiger partial charge in [-0.2, -0.15) is 0 Å². The predicted molar refractivity (Wildman–Crippen MR) is 63.5 cm³/mol. The van der Waals surface area contributed by atoms with Crippen molar-refractivity contribution in [1.82, 2.24) is 5.32 Å². The largest absolute Gasteiger partial charge is 0.316 e. The zero-order valence-electron chi connectivity index (χ0n) is 9.81. The van der Waals surface area contributed by atoms with Crippen molar-refractivity contribution in [2.75, 3.05) is 7.05 Å². The van der Waals surface area contributed by atoms with Crippen LogP contribution in [-0.4, -0.2) is 13.1 Å². The molecule has 1 saturated carbocycles. The van der Waals surface area contributed by atoms with Gasteiger partial charge in [-0.05, 0) is 44.6 Å². The van der Waals surface area contributed by atoms with Gasteiger partial charge in [-0.15, -0.1) is 6.58 Å². The minimum atomic E-state index is 0.595. The molecule has 0 saturated heterocycles. The third kappa shape index (κ3) is 2.38. The molecule has 1 aliphatic rings. The number of rotatable bonds is 6. The second-order valence-corrected chi connectivity index (χ2v) is 4.63. The molecule has 1 rings (SSSR count). The topological polar surface area (TPSA) is 12.0 Å². The number of hydrogen-bond acceptors (Lipinski definition) is 1. The Balaban J connectivity index is 2.58. The molecule has 1 N–H and O–H groups in total. The van der Waals surface area contributed by atoms with Gasteiger partial charge in [0.2, 0.25) is 0 Å². The second kappa shape index (κ2) is 5.55. The third-order valence-electron chi connectivity index (χ3n) is 4.05. The summed E-state index contributed by atoms with van der Waals surface area (Å²) in [6, 6.07) is 0.702. The molecule has 0 aromatic carbocycles. The summed E-state index contributed by atoms with van der Waals surface area (Å²) in [5.41, 5.74) is 0.595. The Hall–Kier alpha value is -0.300. The lowest BCUT2D eigenvalue weighted by atomic mass is 9.74. The van der Waals surface area contributed by atoms with E-state index in [-0.39, 0.29) is 0 Å². The van der Waals surface area contributed by atoms with E-state index in [1.54, 1.807) is 0 Å². The van der Waals surface area contributed by atoms with Crippen molar-refractivity contribution >= 4 is 0 Å². The zero-order valence-corrected chi connectivity index (χ0v) is 9.81. The normalized spacial score (nSPS) is 22.1. The molecule has 1 aliphatic carbocycles. The summed E-state index contributed by atoms with van der Waals surface area (Å²) < 4.78 is 0. The van der Waals surface area contributed by atoms with Gasteiger partial charge in [-0.3, -0.25) is 0 Å². The van der Waals surface area contributed by atoms with E-state index in [0.717, 1.165) is 6.42 Å². The molecule has 0 aromatic heterocycles. The van der Waals surface area contributed by atoms with Crippen LogP contribution in [0.15, 0.2) is 12.7 Å². The monoisotopic (exact) mass is 195 g/mol. The van der Waals surface area contributed by atoms with E-state index in [9.17, 15) is 0 Å². The highest BCUT2D eigenvalue weighted by atomic mass is 14.9. The first-order valence-corrected chi connectivity index (χ1v) is 6.07. The van der Waals surface area contributed by atoms with Gasteiger partial charge in [-0.25, -0.2) is 0 Å². The Bertz CT molecular complexity index is 168. The summed E-state index contributed by atoms with van der Waals surface area (Å²) in [6.45, 7) is 6.17. The van der Waals surface area contributed by atoms with Crippen LogP contribution in [0.3, 0.4) is 0 Å². The molecule has 0 bridgehead atoms. The quantitative estimate of drug-likeness (QED) is 0.640. The smallest absolute Gasteiger partial charge is 0.0123 e. The third-order valence-corrected chi connectivity index (χ3v) is 4.05. The molecular weight excluding hydrogens is 170 g/mol. The predicted octanol–water partition coefficient (Wildman–Crippen LogP) is 3.51. The summed E-state index contributed by atoms with van der Waals surface area (Å²) in [7, 11) is 2.11. The Morgan fingerprint density at radius 3 is 2.50 bits per heavy atom. The van der Waals surface area contributed by atoms with Gasteiger partial charge in [0.1, 0.15) is 0 Å². The molecule has 0 aromatic rings. The first kappa shape index (κ1) is 11.8. The molecule has 1 heteroatoms. The average Bonchev–Trinajstić information content (AvgIpc) is 2.69. The highest BCUT2D eigenvalue weighted by Gasteiger charge is 2.38. The molecule has 0 aliphatic heterocycles. The minimum absolute atomic E-state index is 0.595. The number of hydrogen-bond donors (Lipinski definition) is 1. The SMILES string of the molecule is C=CCCC(NC)C1(CC)CCCC1. The highest BCUT2D eigenvalue weighted by molar-refractivity contribution is 4.94. The van der Waals surface area contributed by atoms with Crippen molar-refractivity contribution in [2.24, 2.45) is 5.41 Å². The summed E-state index contributed by atoms with van der Waals surface area (Å²) in [6.07, 6.45) is 11.5. The molecule has 1 unspecified atom stereocenters. The maximum absolute atomic E-state index is 3.81. The molecule has 1 nitrogen and oxygen atoms in total. The van der Waals surface area contributed by atoms with Crippen molar-refractivity contribution in [1.29, 1.82) is 0 Å². The van der Waals surface area contributed by atoms with Crippen molar-refractivity contribution < 1.29 is 0 Å². The lowest BCUT2D eigenvalue weighted by molar-refractivity contribution is 0.185. The van der Waals surface area contributed by atoms with Gasteiger partial charge < -0.3 is 5.32 Å². The van der Waals surface area contributed by atoms with Crippen molar-refractivity contribution in [2.45, 2.75) is 57.9 Å². The highest BCUT2D eigenvalue weighted by Crippen LogP contribution is 2.44. The van der Waals surface area contributed by atoms with Crippen LogP contribution in [0, 0.1) is 5.41 Å². The van der Waals surface area contributed by atoms with E-state index in [1.165, 1.54) is 38.5 Å². The molecule has 0 heterocycles. The molecular formula is C13H25N. The van der Waals surface area contributed by atoms with Crippen LogP contribution in [0.4, 0.5) is 0 Å². The standard InChI is InChI=1S/C13H25N/c1-4-6-9-12(14-3)13(5-2)10-7-8-11-13/h4,12,14H,1,5-11H2,2-3H3. The first-order chi connectivity index (χ1) is 6.79. The summed E-state index contributed by atoms with van der Waals surface area (Å²) in [4.78, 5) is 0. The molecule has 14 heavy (non-hydrogen) atoms. The molecule has 0 radical (unpaired) electrons. The van der Waals surface area contributed by atoms with Crippen LogP contribution in [0.1, 0.15) is 51.9 Å². The van der Waals surface area contributed by atoms with E-state index in [2.05, 4.69) is 25.9 Å². The maximum atomic E-state index is 3.81. The van der Waals surface area contributed by atoms with E-state index in [0.29, 0.717) is 11.5 Å². The first-order valence-electron chi connectivity index (χ1n) is 6.07. The Morgan fingerprint density at radius 1 is 1.43 bits per heavy atom. The Labute approximate surface area is 89.0 Å². The Morgan fingerprint density at radius 2 is 2.07 bits per heavy atom. The molecule has 0 spiro atoms. The summed E-state index contributed by atoms with van der Waals surface area (Å²) >= 11 is 0. The second-order valence-electron chi connectivity index (χ2n) is 4.63. The molecule has 1 atom stereocenters. The Kier molecular flexibility index (Phi) is 4.67. The van der Waals surface area contributed by atoms with Crippen molar-refractivity contribution in [3.63, 3.8) is 0 Å². The lowest BCUT2D eigenvalue weighted by Crippen LogP contribution is -2.41. The fourth-order valence-corrected chi connectivity index (χ4v) is 3.07. The molecule has 82 valence electrons. The number of nitrogens with one attached hydrogen (secondary N) is 1. The zero-order chi connectivity index (χ0) is 10.4. The van der Waals surface area contributed by atoms with Gasteiger partial charge in [0, 0.05) is 6.04 Å². The van der Waals surface area contributed by atoms with Crippen LogP contribution in [0.5, 0.6) is 0 Å². The maximum Gasteiger partial charge on any atom is 0.0123 e. The van der Waals surface area contributed by atoms with Crippen LogP contribution < -0.4 is 5.32 Å². The van der Waals surface area contributed by atoms with Crippen LogP contribution in [-0.2, 0) is 0 Å². The van der Waals surface area contributed by atoms with Gasteiger partial charge in [0.05, 0.1) is 0 Å². The minimum Gasteiger partial charge on any atom is -0.316 e. The molecule has 1 fully saturated rings. The lowest BCUT2D eigenvalue weighted by Gasteiger charge is -2.37. The van der Waals surface area contributed by atoms with Gasteiger partial charge in [0.15, 0.2) is 0 Å². The van der Waals surface area contributed by atoms with Gasteiger partial charge in [-0.1, -0.05) is 25.8 Å². The van der Waals surface area contributed by atoms with E-state index in [4.69, 9.17) is 0 Å². The van der Waals surface area contributed by atoms with Crippen LogP contribution in [0.2, 0.25) is 0 Å². The summed E-state index contributed by atoms with van der Waals surface area (Å²) in [5, 5.41) is 3.52. The molecule has 0 amide bonds. The van der Waals surface area contributed by atoms with Crippen LogP contribution >= 0.6 is 0 Å². The van der Waals surface area contributed by atoms with Gasteiger partial charge >= 0.3 is 0 Å². The average molecular weight is 195 g/mol. The van der Waals surface area contributed by atoms with Crippen molar-refractivity contribution in [3.8, 4) is 0 Å². The fraction of sp³-hybridized carbons (Fsp3) is 0.846. The van der Waals surface area contributed by atoms with E-state index >= 15 is 0 Å². The van der Waals surface area contributed by atoms with Crippen LogP contribution in [0.25, 0.3) is 0 Å². The van der Waals surface area contributed by atoms with Crippen molar-refractivity contribution in [3.05, 3.63) is 12.7 Å². The van der Waals surface area contributed by atoms with E-state index < -0.39 is 0 Å². The van der Waals surface area contributed by atoms with Gasteiger partial charge in [0.25, 0.3) is 0 Å². The fourth-order valence-electron chi connectivity index (χ4n) is 3.07. The van der Waals surface area contributed by atoms with E-state index in [1.807, 2.05) is 6.08 Å².